The highest BCUT2D eigenvalue weighted by Crippen LogP contribution is 2.40. The molecule has 9 heteroatoms. The number of rotatable bonds is 5. The molecule has 1 aromatic carbocycles. The van der Waals surface area contributed by atoms with Crippen LogP contribution in [0.25, 0.3) is 16.5 Å². The molecule has 0 saturated carbocycles. The number of nitrogens with zero attached hydrogens (tertiary/aromatic N) is 2. The summed E-state index contributed by atoms with van der Waals surface area (Å²) < 4.78 is 38.8. The van der Waals surface area contributed by atoms with Crippen molar-refractivity contribution in [1.29, 1.82) is 5.26 Å². The minimum atomic E-state index is -4.19. The summed E-state index contributed by atoms with van der Waals surface area (Å²) in [4.78, 5) is 28.3. The molecule has 2 N–H and O–H groups in total. The summed E-state index contributed by atoms with van der Waals surface area (Å²) in [6.45, 7) is 0. The van der Waals surface area contributed by atoms with E-state index in [0.29, 0.717) is 17.3 Å². The van der Waals surface area contributed by atoms with Gasteiger partial charge in [-0.2, -0.15) is 18.4 Å². The summed E-state index contributed by atoms with van der Waals surface area (Å²) in [5, 5.41) is 14.7. The quantitative estimate of drug-likeness (QED) is 0.756. The summed E-state index contributed by atoms with van der Waals surface area (Å²) in [5.74, 6) is -2.24. The van der Waals surface area contributed by atoms with E-state index in [0.717, 1.165) is 11.1 Å². The van der Waals surface area contributed by atoms with Crippen molar-refractivity contribution in [3.05, 3.63) is 47.7 Å². The number of halogens is 3. The van der Waals surface area contributed by atoms with Crippen molar-refractivity contribution >= 4 is 28.3 Å². The first-order valence-electron chi connectivity index (χ1n) is 9.79. The lowest BCUT2D eigenvalue weighted by atomic mass is 9.85. The molecule has 0 fully saturated rings. The van der Waals surface area contributed by atoms with Crippen LogP contribution in [0.15, 0.2) is 36.5 Å². The zero-order chi connectivity index (χ0) is 22.6. The van der Waals surface area contributed by atoms with E-state index in [1.165, 1.54) is 13.2 Å². The molecule has 6 nitrogen and oxygen atoms in total. The van der Waals surface area contributed by atoms with Gasteiger partial charge in [0.15, 0.2) is 0 Å². The third-order valence-corrected chi connectivity index (χ3v) is 5.32. The second kappa shape index (κ2) is 9.16. The van der Waals surface area contributed by atoms with Gasteiger partial charge < -0.3 is 10.6 Å². The van der Waals surface area contributed by atoms with Gasteiger partial charge in [0.25, 0.3) is 5.91 Å². The number of alkyl halides is 3. The SMILES string of the molecule is CNC(=O)C[C@H](C#N)NC(=O)c1cnc2c(C3=CCC(C(F)(F)F)CC3)cccc2c1. The number of nitrogens with one attached hydrogen (secondary N) is 2. The molecular weight excluding hydrogens is 409 g/mol. The van der Waals surface area contributed by atoms with Crippen molar-refractivity contribution in [3.8, 4) is 6.07 Å². The van der Waals surface area contributed by atoms with Gasteiger partial charge in [-0.3, -0.25) is 14.6 Å². The molecule has 1 aliphatic rings. The van der Waals surface area contributed by atoms with Crippen molar-refractivity contribution in [1.82, 2.24) is 15.6 Å². The van der Waals surface area contributed by atoms with Gasteiger partial charge in [0.05, 0.1) is 29.5 Å². The molecule has 0 saturated heterocycles. The van der Waals surface area contributed by atoms with E-state index in [1.807, 2.05) is 12.1 Å². The number of amides is 2. The molecule has 2 amide bonds. The van der Waals surface area contributed by atoms with E-state index in [4.69, 9.17) is 5.26 Å². The summed E-state index contributed by atoms with van der Waals surface area (Å²) in [6, 6.07) is 7.83. The number of carbonyl (C=O) groups excluding carboxylic acids is 2. The summed E-state index contributed by atoms with van der Waals surface area (Å²) in [5.41, 5.74) is 2.38. The lowest BCUT2D eigenvalue weighted by molar-refractivity contribution is -0.175. The van der Waals surface area contributed by atoms with Crippen molar-refractivity contribution in [3.63, 3.8) is 0 Å². The van der Waals surface area contributed by atoms with E-state index < -0.39 is 24.0 Å². The number of fused-ring (bicyclic) bond motifs is 1. The first-order valence-corrected chi connectivity index (χ1v) is 9.79. The molecule has 0 aliphatic heterocycles. The van der Waals surface area contributed by atoms with E-state index in [2.05, 4.69) is 15.6 Å². The van der Waals surface area contributed by atoms with Gasteiger partial charge in [0, 0.05) is 24.2 Å². The van der Waals surface area contributed by atoms with Gasteiger partial charge in [-0.05, 0) is 30.9 Å². The number of aromatic nitrogens is 1. The zero-order valence-electron chi connectivity index (χ0n) is 16.8. The molecule has 1 heterocycles. The predicted molar refractivity (Wildman–Crippen MR) is 109 cm³/mol. The third-order valence-electron chi connectivity index (χ3n) is 5.32. The molecule has 31 heavy (non-hydrogen) atoms. The maximum Gasteiger partial charge on any atom is 0.392 e. The number of nitriles is 1. The topological polar surface area (TPSA) is 94.9 Å². The Morgan fingerprint density at radius 2 is 2.13 bits per heavy atom. The fraction of sp³-hybridized carbons (Fsp3) is 0.364. The van der Waals surface area contributed by atoms with Gasteiger partial charge >= 0.3 is 6.18 Å². The van der Waals surface area contributed by atoms with Crippen LogP contribution in [0.5, 0.6) is 0 Å². The average molecular weight is 430 g/mol. The van der Waals surface area contributed by atoms with Crippen LogP contribution in [0.2, 0.25) is 0 Å². The lowest BCUT2D eigenvalue weighted by Gasteiger charge is -2.24. The van der Waals surface area contributed by atoms with Crippen molar-refractivity contribution in [2.24, 2.45) is 5.92 Å². The Morgan fingerprint density at radius 3 is 2.74 bits per heavy atom. The molecule has 2 aromatic rings. The fourth-order valence-corrected chi connectivity index (χ4v) is 3.58. The Morgan fingerprint density at radius 1 is 1.35 bits per heavy atom. The molecule has 1 aliphatic carbocycles. The van der Waals surface area contributed by atoms with Crippen LogP contribution < -0.4 is 10.6 Å². The Balaban J connectivity index is 1.82. The molecular formula is C22H21F3N4O2. The Bertz CT molecular complexity index is 1070. The van der Waals surface area contributed by atoms with Gasteiger partial charge in [-0.25, -0.2) is 0 Å². The maximum atomic E-state index is 12.9. The minimum Gasteiger partial charge on any atom is -0.359 e. The summed E-state index contributed by atoms with van der Waals surface area (Å²) >= 11 is 0. The minimum absolute atomic E-state index is 0.0348. The molecule has 1 aromatic heterocycles. The number of para-hydroxylation sites is 1. The largest absolute Gasteiger partial charge is 0.392 e. The Labute approximate surface area is 177 Å². The number of pyridine rings is 1. The van der Waals surface area contributed by atoms with Gasteiger partial charge in [0.1, 0.15) is 6.04 Å². The maximum absolute atomic E-state index is 12.9. The number of hydrogen-bond acceptors (Lipinski definition) is 4. The highest BCUT2D eigenvalue weighted by Gasteiger charge is 2.39. The zero-order valence-corrected chi connectivity index (χ0v) is 16.8. The predicted octanol–water partition coefficient (Wildman–Crippen LogP) is 3.74. The van der Waals surface area contributed by atoms with Gasteiger partial charge in [-0.15, -0.1) is 0 Å². The van der Waals surface area contributed by atoms with Crippen LogP contribution in [0, 0.1) is 17.2 Å². The van der Waals surface area contributed by atoms with E-state index >= 15 is 0 Å². The van der Waals surface area contributed by atoms with Crippen LogP contribution in [0.4, 0.5) is 13.2 Å². The van der Waals surface area contributed by atoms with Crippen molar-refractivity contribution < 1.29 is 22.8 Å². The number of hydrogen-bond donors (Lipinski definition) is 2. The second-order valence-electron chi connectivity index (χ2n) is 7.38. The molecule has 162 valence electrons. The molecule has 0 spiro atoms. The molecule has 0 radical (unpaired) electrons. The Kier molecular flexibility index (Phi) is 6.59. The molecule has 3 rings (SSSR count). The van der Waals surface area contributed by atoms with E-state index in [1.54, 1.807) is 24.3 Å². The number of carbonyl (C=O) groups is 2. The van der Waals surface area contributed by atoms with Crippen LogP contribution in [-0.2, 0) is 4.79 Å². The van der Waals surface area contributed by atoms with Crippen molar-refractivity contribution in [2.75, 3.05) is 7.05 Å². The van der Waals surface area contributed by atoms with Crippen LogP contribution in [0.1, 0.15) is 41.6 Å². The van der Waals surface area contributed by atoms with E-state index in [9.17, 15) is 22.8 Å². The van der Waals surface area contributed by atoms with Crippen LogP contribution in [-0.4, -0.2) is 36.1 Å². The standard InChI is InChI=1S/C22H21F3N4O2/c1-27-19(30)10-17(11-26)29-21(31)15-9-14-3-2-4-18(20(14)28-12-15)13-5-7-16(8-6-13)22(23,24)25/h2-5,9,12,16-17H,6-8,10H2,1H3,(H,27,30)(H,29,31)/t16?,17-/m1/s1. The van der Waals surface area contributed by atoms with Gasteiger partial charge in [-0.1, -0.05) is 24.3 Å². The number of benzene rings is 1. The van der Waals surface area contributed by atoms with E-state index in [-0.39, 0.29) is 30.7 Å². The first-order chi connectivity index (χ1) is 14.7. The van der Waals surface area contributed by atoms with Gasteiger partial charge in [0.2, 0.25) is 5.91 Å². The number of allylic oxidation sites excluding steroid dienone is 2. The lowest BCUT2D eigenvalue weighted by Crippen LogP contribution is -2.37. The first kappa shape index (κ1) is 22.3. The highest BCUT2D eigenvalue weighted by molar-refractivity contribution is 5.99. The average Bonchev–Trinajstić information content (AvgIpc) is 2.77. The summed E-state index contributed by atoms with van der Waals surface area (Å²) in [6.07, 6.45) is -1.11. The fourth-order valence-electron chi connectivity index (χ4n) is 3.58. The monoisotopic (exact) mass is 430 g/mol. The van der Waals surface area contributed by atoms with Crippen molar-refractivity contribution in [2.45, 2.75) is 37.9 Å². The highest BCUT2D eigenvalue weighted by atomic mass is 19.4. The third kappa shape index (κ3) is 5.20. The molecule has 1 unspecified atom stereocenters. The second-order valence-corrected chi connectivity index (χ2v) is 7.38. The smallest absolute Gasteiger partial charge is 0.359 e. The van der Waals surface area contributed by atoms with Crippen LogP contribution in [0.3, 0.4) is 0 Å². The van der Waals surface area contributed by atoms with Crippen LogP contribution >= 0.6 is 0 Å². The molecule has 2 atom stereocenters. The normalized spacial score (nSPS) is 17.4. The Hall–Kier alpha value is -3.41. The summed E-state index contributed by atoms with van der Waals surface area (Å²) in [7, 11) is 1.44. The molecule has 0 bridgehead atoms.